The van der Waals surface area contributed by atoms with Crippen molar-refractivity contribution in [3.63, 3.8) is 0 Å². The van der Waals surface area contributed by atoms with E-state index in [1.165, 1.54) is 11.4 Å². The minimum atomic E-state index is 0.177. The molecule has 92 valence electrons. The zero-order chi connectivity index (χ0) is 12.2. The number of nitrogens with zero attached hydrogens (tertiary/aromatic N) is 1. The van der Waals surface area contributed by atoms with E-state index in [-0.39, 0.29) is 5.41 Å². The Balaban J connectivity index is 2.36. The molecule has 0 saturated heterocycles. The van der Waals surface area contributed by atoms with Crippen molar-refractivity contribution >= 4 is 11.8 Å². The number of aromatic nitrogens is 2. The summed E-state index contributed by atoms with van der Waals surface area (Å²) in [5.41, 5.74) is 1.41. The minimum Gasteiger partial charge on any atom is -0.345 e. The Morgan fingerprint density at radius 2 is 2.06 bits per heavy atom. The number of aromatic amines is 1. The summed E-state index contributed by atoms with van der Waals surface area (Å²) in [6.45, 7) is 11.1. The molecule has 3 heteroatoms. The van der Waals surface area contributed by atoms with Crippen LogP contribution in [0, 0.1) is 5.92 Å². The Hall–Kier alpha value is -0.440. The lowest BCUT2D eigenvalue weighted by Crippen LogP contribution is -2.11. The van der Waals surface area contributed by atoms with Gasteiger partial charge in [0.25, 0.3) is 0 Å². The summed E-state index contributed by atoms with van der Waals surface area (Å²) < 4.78 is 0. The lowest BCUT2D eigenvalue weighted by atomic mass is 9.93. The number of thioether (sulfide) groups is 1. The third kappa shape index (κ3) is 4.60. The molecule has 1 aromatic rings. The van der Waals surface area contributed by atoms with E-state index in [2.05, 4.69) is 44.6 Å². The molecule has 16 heavy (non-hydrogen) atoms. The maximum Gasteiger partial charge on any atom is 0.107 e. The predicted octanol–water partition coefficient (Wildman–Crippen LogP) is 3.64. The summed E-state index contributed by atoms with van der Waals surface area (Å²) in [7, 11) is 0. The third-order valence-corrected chi connectivity index (χ3v) is 3.77. The van der Waals surface area contributed by atoms with Gasteiger partial charge in [0, 0.05) is 29.5 Å². The second kappa shape index (κ2) is 5.76. The number of rotatable bonds is 5. The first kappa shape index (κ1) is 13.6. The highest BCUT2D eigenvalue weighted by Crippen LogP contribution is 2.20. The van der Waals surface area contributed by atoms with Crippen LogP contribution in [0.25, 0.3) is 0 Å². The second-order valence-corrected chi connectivity index (χ2v) is 6.86. The van der Waals surface area contributed by atoms with Crippen molar-refractivity contribution < 1.29 is 0 Å². The van der Waals surface area contributed by atoms with E-state index in [1.807, 2.05) is 18.0 Å². The van der Waals surface area contributed by atoms with Gasteiger partial charge in [-0.2, -0.15) is 11.8 Å². The smallest absolute Gasteiger partial charge is 0.107 e. The van der Waals surface area contributed by atoms with Gasteiger partial charge in [0.15, 0.2) is 0 Å². The molecule has 0 aliphatic carbocycles. The number of hydrogen-bond acceptors (Lipinski definition) is 2. The molecule has 0 fully saturated rings. The Bertz CT molecular complexity index is 310. The Kier molecular flexibility index (Phi) is 4.90. The fourth-order valence-electron chi connectivity index (χ4n) is 1.36. The zero-order valence-electron chi connectivity index (χ0n) is 11.1. The normalized spacial score (nSPS) is 12.4. The van der Waals surface area contributed by atoms with E-state index in [1.54, 1.807) is 0 Å². The largest absolute Gasteiger partial charge is 0.345 e. The predicted molar refractivity (Wildman–Crippen MR) is 73.2 cm³/mol. The van der Waals surface area contributed by atoms with Crippen LogP contribution in [0.3, 0.4) is 0 Å². The molecule has 0 aliphatic heterocycles. The second-order valence-electron chi connectivity index (χ2n) is 5.71. The van der Waals surface area contributed by atoms with Crippen LogP contribution in [0.5, 0.6) is 0 Å². The molecule has 1 heterocycles. The number of imidazole rings is 1. The van der Waals surface area contributed by atoms with Gasteiger partial charge >= 0.3 is 0 Å². The van der Waals surface area contributed by atoms with Crippen LogP contribution in [0.1, 0.15) is 46.1 Å². The van der Waals surface area contributed by atoms with Crippen molar-refractivity contribution in [2.45, 2.75) is 46.5 Å². The standard InChI is InChI=1S/C13H24N2S/c1-10(2)9-16-7-6-12-14-8-11(15-12)13(3,4)5/h8,10H,6-7,9H2,1-5H3,(H,14,15). The van der Waals surface area contributed by atoms with Crippen molar-refractivity contribution in [3.05, 3.63) is 17.7 Å². The van der Waals surface area contributed by atoms with E-state index in [0.29, 0.717) is 0 Å². The van der Waals surface area contributed by atoms with Gasteiger partial charge in [0.2, 0.25) is 0 Å². The van der Waals surface area contributed by atoms with Crippen molar-refractivity contribution in [2.75, 3.05) is 11.5 Å². The Labute approximate surface area is 104 Å². The SMILES string of the molecule is CC(C)CSCCc1ncc(C(C)(C)C)[nH]1. The first-order valence-electron chi connectivity index (χ1n) is 6.01. The van der Waals surface area contributed by atoms with Crippen molar-refractivity contribution in [1.29, 1.82) is 0 Å². The lowest BCUT2D eigenvalue weighted by molar-refractivity contribution is 0.571. The quantitative estimate of drug-likeness (QED) is 0.796. The fourth-order valence-corrected chi connectivity index (χ4v) is 2.33. The molecule has 0 spiro atoms. The summed E-state index contributed by atoms with van der Waals surface area (Å²) in [6, 6.07) is 0. The highest BCUT2D eigenvalue weighted by atomic mass is 32.2. The molecule has 1 N–H and O–H groups in total. The molecule has 0 aliphatic rings. The number of aryl methyl sites for hydroxylation is 1. The van der Waals surface area contributed by atoms with Crippen LogP contribution in [0.2, 0.25) is 0 Å². The average Bonchev–Trinajstić information content (AvgIpc) is 2.59. The van der Waals surface area contributed by atoms with E-state index in [0.717, 1.165) is 23.9 Å². The van der Waals surface area contributed by atoms with Crippen LogP contribution in [-0.4, -0.2) is 21.5 Å². The van der Waals surface area contributed by atoms with Gasteiger partial charge in [-0.1, -0.05) is 34.6 Å². The van der Waals surface area contributed by atoms with Gasteiger partial charge in [0.05, 0.1) is 0 Å². The molecule has 1 rings (SSSR count). The fraction of sp³-hybridized carbons (Fsp3) is 0.769. The summed E-state index contributed by atoms with van der Waals surface area (Å²) in [6.07, 6.45) is 3.02. The van der Waals surface area contributed by atoms with Gasteiger partial charge in [-0.05, 0) is 11.7 Å². The van der Waals surface area contributed by atoms with Gasteiger partial charge in [-0.3, -0.25) is 0 Å². The summed E-state index contributed by atoms with van der Waals surface area (Å²) >= 11 is 2.01. The van der Waals surface area contributed by atoms with E-state index in [4.69, 9.17) is 0 Å². The Morgan fingerprint density at radius 1 is 1.38 bits per heavy atom. The first-order chi connectivity index (χ1) is 7.39. The van der Waals surface area contributed by atoms with Gasteiger partial charge in [-0.25, -0.2) is 4.98 Å². The maximum absolute atomic E-state index is 4.43. The molecule has 1 aromatic heterocycles. The molecule has 0 bridgehead atoms. The summed E-state index contributed by atoms with van der Waals surface area (Å²) in [4.78, 5) is 7.85. The molecular weight excluding hydrogens is 216 g/mol. The highest BCUT2D eigenvalue weighted by Gasteiger charge is 2.16. The maximum atomic E-state index is 4.43. The highest BCUT2D eigenvalue weighted by molar-refractivity contribution is 7.99. The summed E-state index contributed by atoms with van der Waals surface area (Å²) in [5, 5.41) is 0. The van der Waals surface area contributed by atoms with E-state index in [9.17, 15) is 0 Å². The number of hydrogen-bond donors (Lipinski definition) is 1. The number of H-pyrrole nitrogens is 1. The Morgan fingerprint density at radius 3 is 2.56 bits per heavy atom. The zero-order valence-corrected chi connectivity index (χ0v) is 11.9. The lowest BCUT2D eigenvalue weighted by Gasteiger charge is -2.15. The van der Waals surface area contributed by atoms with Crippen LogP contribution >= 0.6 is 11.8 Å². The van der Waals surface area contributed by atoms with Gasteiger partial charge < -0.3 is 4.98 Å². The summed E-state index contributed by atoms with van der Waals surface area (Å²) in [5.74, 6) is 4.31. The molecule has 2 nitrogen and oxygen atoms in total. The molecule has 0 radical (unpaired) electrons. The topological polar surface area (TPSA) is 28.7 Å². The molecule has 0 amide bonds. The van der Waals surface area contributed by atoms with Crippen LogP contribution in [0.15, 0.2) is 6.20 Å². The monoisotopic (exact) mass is 240 g/mol. The van der Waals surface area contributed by atoms with Crippen molar-refractivity contribution in [1.82, 2.24) is 9.97 Å². The molecule has 0 atom stereocenters. The molecule has 0 unspecified atom stereocenters. The van der Waals surface area contributed by atoms with Crippen LogP contribution < -0.4 is 0 Å². The van der Waals surface area contributed by atoms with Gasteiger partial charge in [0.1, 0.15) is 5.82 Å². The van der Waals surface area contributed by atoms with E-state index < -0.39 is 0 Å². The van der Waals surface area contributed by atoms with Crippen molar-refractivity contribution in [3.8, 4) is 0 Å². The number of nitrogens with one attached hydrogen (secondary N) is 1. The van der Waals surface area contributed by atoms with Crippen molar-refractivity contribution in [2.24, 2.45) is 5.92 Å². The minimum absolute atomic E-state index is 0.177. The molecule has 0 saturated carbocycles. The van der Waals surface area contributed by atoms with E-state index >= 15 is 0 Å². The first-order valence-corrected chi connectivity index (χ1v) is 7.17. The van der Waals surface area contributed by atoms with Gasteiger partial charge in [-0.15, -0.1) is 0 Å². The average molecular weight is 240 g/mol. The van der Waals surface area contributed by atoms with Crippen LogP contribution in [0.4, 0.5) is 0 Å². The third-order valence-electron chi connectivity index (χ3n) is 2.37. The van der Waals surface area contributed by atoms with Crippen LogP contribution in [-0.2, 0) is 11.8 Å². The molecular formula is C13H24N2S. The molecule has 0 aromatic carbocycles.